The largest absolute Gasteiger partial charge is 0.465 e. The fourth-order valence-electron chi connectivity index (χ4n) is 1.38. The van der Waals surface area contributed by atoms with Crippen LogP contribution >= 0.6 is 0 Å². The van der Waals surface area contributed by atoms with E-state index >= 15 is 0 Å². The molecule has 1 aromatic rings. The molecule has 0 aromatic heterocycles. The summed E-state index contributed by atoms with van der Waals surface area (Å²) in [6.45, 7) is 0.414. The van der Waals surface area contributed by atoms with Gasteiger partial charge < -0.3 is 15.8 Å². The van der Waals surface area contributed by atoms with Gasteiger partial charge in [0.2, 0.25) is 0 Å². The Morgan fingerprint density at radius 3 is 2.56 bits per heavy atom. The van der Waals surface area contributed by atoms with Crippen molar-refractivity contribution < 1.29 is 22.7 Å². The highest BCUT2D eigenvalue weighted by Crippen LogP contribution is 2.24. The van der Waals surface area contributed by atoms with Crippen molar-refractivity contribution in [2.45, 2.75) is 13.1 Å². The zero-order valence-electron chi connectivity index (χ0n) is 9.89. The van der Waals surface area contributed by atoms with Gasteiger partial charge >= 0.3 is 12.1 Å². The lowest BCUT2D eigenvalue weighted by Crippen LogP contribution is -2.21. The number of anilines is 2. The minimum absolute atomic E-state index is 0.0437. The average Bonchev–Trinajstić information content (AvgIpc) is 2.28. The number of nitrogens with one attached hydrogen (secondary N) is 1. The Hall–Kier alpha value is -1.92. The van der Waals surface area contributed by atoms with Crippen molar-refractivity contribution >= 4 is 17.3 Å². The van der Waals surface area contributed by atoms with Crippen LogP contribution in [0.3, 0.4) is 0 Å². The Labute approximate surface area is 102 Å². The lowest BCUT2D eigenvalue weighted by molar-refractivity contribution is -0.115. The summed E-state index contributed by atoms with van der Waals surface area (Å²) in [4.78, 5) is 11.4. The number of nitrogen functional groups attached to an aromatic ring is 1. The number of carbonyl (C=O) groups is 1. The second-order valence-corrected chi connectivity index (χ2v) is 3.71. The molecule has 7 heteroatoms. The van der Waals surface area contributed by atoms with E-state index in [4.69, 9.17) is 5.73 Å². The number of carbonyl (C=O) groups excluding carboxylic acids is 1. The van der Waals surface area contributed by atoms with Crippen LogP contribution < -0.4 is 11.1 Å². The maximum absolute atomic E-state index is 12.1. The van der Waals surface area contributed by atoms with Gasteiger partial charge in [0, 0.05) is 11.4 Å². The number of benzene rings is 1. The first-order valence-corrected chi connectivity index (χ1v) is 5.03. The molecule has 0 heterocycles. The molecule has 0 unspecified atom stereocenters. The predicted octanol–water partition coefficient (Wildman–Crippen LogP) is 2.34. The van der Waals surface area contributed by atoms with Gasteiger partial charge in [-0.15, -0.1) is 0 Å². The molecule has 100 valence electrons. The van der Waals surface area contributed by atoms with Crippen molar-refractivity contribution in [3.05, 3.63) is 23.3 Å². The monoisotopic (exact) mass is 262 g/mol. The van der Waals surface area contributed by atoms with Crippen LogP contribution in [0.4, 0.5) is 24.5 Å². The van der Waals surface area contributed by atoms with Crippen molar-refractivity contribution in [1.29, 1.82) is 0 Å². The second-order valence-electron chi connectivity index (χ2n) is 3.71. The van der Waals surface area contributed by atoms with E-state index in [1.54, 1.807) is 6.92 Å². The topological polar surface area (TPSA) is 64.3 Å². The third kappa shape index (κ3) is 3.54. The third-order valence-corrected chi connectivity index (χ3v) is 2.29. The standard InChI is InChI=1S/C11H13F3N2O2/c1-6-3-7(16-5-11(12,13)14)4-8(9(6)15)10(17)18-2/h3-4,16H,5,15H2,1-2H3. The summed E-state index contributed by atoms with van der Waals surface area (Å²) < 4.78 is 40.7. The van der Waals surface area contributed by atoms with Crippen LogP contribution in [-0.4, -0.2) is 25.8 Å². The molecule has 1 aromatic carbocycles. The van der Waals surface area contributed by atoms with E-state index in [1.165, 1.54) is 19.2 Å². The van der Waals surface area contributed by atoms with Gasteiger partial charge in [-0.1, -0.05) is 0 Å². The van der Waals surface area contributed by atoms with Crippen molar-refractivity contribution in [1.82, 2.24) is 0 Å². The lowest BCUT2D eigenvalue weighted by atomic mass is 10.1. The fraction of sp³-hybridized carbons (Fsp3) is 0.364. The Morgan fingerprint density at radius 1 is 1.44 bits per heavy atom. The minimum Gasteiger partial charge on any atom is -0.465 e. The molecular formula is C11H13F3N2O2. The Morgan fingerprint density at radius 2 is 2.06 bits per heavy atom. The molecule has 0 saturated carbocycles. The molecule has 0 saturated heterocycles. The third-order valence-electron chi connectivity index (χ3n) is 2.29. The highest BCUT2D eigenvalue weighted by molar-refractivity contribution is 5.97. The zero-order valence-corrected chi connectivity index (χ0v) is 9.89. The van der Waals surface area contributed by atoms with E-state index in [0.29, 0.717) is 5.56 Å². The number of hydrogen-bond acceptors (Lipinski definition) is 4. The van der Waals surface area contributed by atoms with Crippen LogP contribution in [0, 0.1) is 6.92 Å². The van der Waals surface area contributed by atoms with Crippen molar-refractivity contribution in [3.63, 3.8) is 0 Å². The molecule has 0 aliphatic rings. The number of hydrogen-bond donors (Lipinski definition) is 2. The molecule has 0 aliphatic carbocycles. The Kier molecular flexibility index (Phi) is 4.05. The van der Waals surface area contributed by atoms with Crippen LogP contribution in [0.2, 0.25) is 0 Å². The molecule has 0 spiro atoms. The first-order valence-electron chi connectivity index (χ1n) is 5.03. The van der Waals surface area contributed by atoms with Gasteiger partial charge in [-0.25, -0.2) is 4.79 Å². The van der Waals surface area contributed by atoms with Crippen molar-refractivity contribution in [2.75, 3.05) is 24.7 Å². The summed E-state index contributed by atoms with van der Waals surface area (Å²) in [5.41, 5.74) is 6.57. The van der Waals surface area contributed by atoms with E-state index < -0.39 is 18.7 Å². The summed E-state index contributed by atoms with van der Waals surface area (Å²) in [5.74, 6) is -0.689. The van der Waals surface area contributed by atoms with Gasteiger partial charge in [0.05, 0.1) is 12.7 Å². The van der Waals surface area contributed by atoms with Gasteiger partial charge in [0.25, 0.3) is 0 Å². The quantitative estimate of drug-likeness (QED) is 0.648. The molecule has 0 fully saturated rings. The fourth-order valence-corrected chi connectivity index (χ4v) is 1.38. The smallest absolute Gasteiger partial charge is 0.405 e. The van der Waals surface area contributed by atoms with Gasteiger partial charge in [0.15, 0.2) is 0 Å². The van der Waals surface area contributed by atoms with Crippen LogP contribution in [-0.2, 0) is 4.74 Å². The Bertz CT molecular complexity index is 458. The van der Waals surface area contributed by atoms with E-state index in [-0.39, 0.29) is 16.9 Å². The van der Waals surface area contributed by atoms with Crippen LogP contribution in [0.25, 0.3) is 0 Å². The first-order chi connectivity index (χ1) is 8.24. The van der Waals surface area contributed by atoms with Crippen molar-refractivity contribution in [3.8, 4) is 0 Å². The average molecular weight is 262 g/mol. The molecule has 4 nitrogen and oxygen atoms in total. The number of aryl methyl sites for hydroxylation is 1. The molecule has 0 amide bonds. The van der Waals surface area contributed by atoms with Crippen LogP contribution in [0.5, 0.6) is 0 Å². The number of methoxy groups -OCH3 is 1. The van der Waals surface area contributed by atoms with Gasteiger partial charge in [-0.05, 0) is 24.6 Å². The molecule has 1 rings (SSSR count). The maximum atomic E-state index is 12.1. The van der Waals surface area contributed by atoms with E-state index in [2.05, 4.69) is 10.1 Å². The summed E-state index contributed by atoms with van der Waals surface area (Å²) in [7, 11) is 1.17. The molecule has 18 heavy (non-hydrogen) atoms. The normalized spacial score (nSPS) is 11.2. The molecule has 0 aliphatic heterocycles. The number of nitrogens with two attached hydrogens (primary N) is 1. The van der Waals surface area contributed by atoms with E-state index in [0.717, 1.165) is 0 Å². The molecule has 0 atom stereocenters. The SMILES string of the molecule is COC(=O)c1cc(NCC(F)(F)F)cc(C)c1N. The molecular weight excluding hydrogens is 249 g/mol. The first kappa shape index (κ1) is 14.1. The summed E-state index contributed by atoms with van der Waals surface area (Å²) in [6.07, 6.45) is -4.33. The van der Waals surface area contributed by atoms with E-state index in [1.807, 2.05) is 0 Å². The second kappa shape index (κ2) is 5.16. The lowest BCUT2D eigenvalue weighted by Gasteiger charge is -2.13. The number of halogens is 3. The number of ether oxygens (including phenoxy) is 1. The van der Waals surface area contributed by atoms with E-state index in [9.17, 15) is 18.0 Å². The zero-order chi connectivity index (χ0) is 13.9. The summed E-state index contributed by atoms with van der Waals surface area (Å²) >= 11 is 0. The molecule has 0 radical (unpaired) electrons. The highest BCUT2D eigenvalue weighted by atomic mass is 19.4. The minimum atomic E-state index is -4.33. The molecule has 3 N–H and O–H groups in total. The van der Waals surface area contributed by atoms with Crippen LogP contribution in [0.15, 0.2) is 12.1 Å². The van der Waals surface area contributed by atoms with Crippen LogP contribution in [0.1, 0.15) is 15.9 Å². The maximum Gasteiger partial charge on any atom is 0.405 e. The number of alkyl halides is 3. The highest BCUT2D eigenvalue weighted by Gasteiger charge is 2.26. The predicted molar refractivity (Wildman–Crippen MR) is 61.5 cm³/mol. The number of esters is 1. The van der Waals surface area contributed by atoms with Gasteiger partial charge in [-0.2, -0.15) is 13.2 Å². The Balaban J connectivity index is 3.01. The summed E-state index contributed by atoms with van der Waals surface area (Å²) in [5, 5.41) is 2.18. The van der Waals surface area contributed by atoms with Gasteiger partial charge in [-0.3, -0.25) is 0 Å². The van der Waals surface area contributed by atoms with Crippen molar-refractivity contribution in [2.24, 2.45) is 0 Å². The molecule has 0 bridgehead atoms. The number of rotatable bonds is 3. The van der Waals surface area contributed by atoms with Gasteiger partial charge in [0.1, 0.15) is 6.54 Å². The summed E-state index contributed by atoms with van der Waals surface area (Å²) in [6, 6.07) is 2.67.